The highest BCUT2D eigenvalue weighted by Crippen LogP contribution is 2.23. The van der Waals surface area contributed by atoms with Crippen molar-refractivity contribution in [3.8, 4) is 0 Å². The van der Waals surface area contributed by atoms with Crippen molar-refractivity contribution in [2.45, 2.75) is 57.7 Å². The molecule has 0 spiro atoms. The number of hydrogen-bond acceptors (Lipinski definition) is 9. The molecular weight excluding hydrogens is 444 g/mol. The zero-order chi connectivity index (χ0) is 24.7. The van der Waals surface area contributed by atoms with Gasteiger partial charge in [-0.05, 0) is 51.6 Å². The summed E-state index contributed by atoms with van der Waals surface area (Å²) in [7, 11) is 0. The number of rotatable bonds is 8. The average molecular weight is 481 g/mol. The smallest absolute Gasteiger partial charge is 0.309 e. The lowest BCUT2D eigenvalue weighted by molar-refractivity contribution is -0.193. The molecule has 3 rings (SSSR count). The van der Waals surface area contributed by atoms with E-state index in [2.05, 4.69) is 0 Å². The number of cyclic esters (lactones) is 2. The van der Waals surface area contributed by atoms with Crippen LogP contribution in [0.25, 0.3) is 0 Å². The Morgan fingerprint density at radius 3 is 1.65 bits per heavy atom. The van der Waals surface area contributed by atoms with Crippen molar-refractivity contribution >= 4 is 29.5 Å². The number of esters is 2. The molecule has 0 radical (unpaired) electrons. The number of piperidine rings is 2. The minimum absolute atomic E-state index is 0.115. The third-order valence-electron chi connectivity index (χ3n) is 6.90. The zero-order valence-electron chi connectivity index (χ0n) is 19.6. The van der Waals surface area contributed by atoms with Gasteiger partial charge in [-0.2, -0.15) is 0 Å². The SMILES string of the molecule is NC(=O)C1CCCN(CC(CN2CCCC(C(N)=O)C2)C(=O)C2OC(=O)CCCCC(=O)O2)C1. The minimum Gasteiger partial charge on any atom is -0.417 e. The van der Waals surface area contributed by atoms with Crippen molar-refractivity contribution in [1.29, 1.82) is 0 Å². The molecular formula is C23H36N4O7. The summed E-state index contributed by atoms with van der Waals surface area (Å²) < 4.78 is 10.5. The molecule has 190 valence electrons. The highest BCUT2D eigenvalue weighted by atomic mass is 16.7. The Balaban J connectivity index is 1.76. The first-order valence-electron chi connectivity index (χ1n) is 12.2. The predicted octanol–water partition coefficient (Wildman–Crippen LogP) is -0.447. The Morgan fingerprint density at radius 1 is 0.794 bits per heavy atom. The number of Topliss-reactive ketones (excluding diaryl/α,β-unsaturated/α-hetero) is 1. The van der Waals surface area contributed by atoms with E-state index in [1.807, 2.05) is 9.80 Å². The van der Waals surface area contributed by atoms with Gasteiger partial charge in [0.1, 0.15) is 0 Å². The number of ketones is 1. The van der Waals surface area contributed by atoms with Gasteiger partial charge in [0.2, 0.25) is 17.6 Å². The Hall–Kier alpha value is -2.53. The van der Waals surface area contributed by atoms with Gasteiger partial charge >= 0.3 is 18.2 Å². The van der Waals surface area contributed by atoms with Crippen molar-refractivity contribution in [3.05, 3.63) is 0 Å². The third-order valence-corrected chi connectivity index (χ3v) is 6.90. The molecule has 2 amide bonds. The first kappa shape index (κ1) is 26.1. The van der Waals surface area contributed by atoms with Crippen LogP contribution in [-0.4, -0.2) is 84.9 Å². The fourth-order valence-corrected chi connectivity index (χ4v) is 5.00. The van der Waals surface area contributed by atoms with E-state index in [-0.39, 0.29) is 36.5 Å². The van der Waals surface area contributed by atoms with Crippen LogP contribution in [0.2, 0.25) is 0 Å². The van der Waals surface area contributed by atoms with Crippen LogP contribution in [0.5, 0.6) is 0 Å². The lowest BCUT2D eigenvalue weighted by Gasteiger charge is -2.37. The molecule has 3 fully saturated rings. The number of amides is 2. The Bertz CT molecular complexity index is 733. The standard InChI is InChI=1S/C23H36N4O7/c24-21(31)15-5-3-9-26(11-15)13-17(14-27-10-4-6-16(12-27)22(25)32)20(30)23-33-18(28)7-1-2-8-19(29)34-23/h15-17,23H,1-14H2,(H2,24,31)(H2,25,32). The van der Waals surface area contributed by atoms with Crippen LogP contribution >= 0.6 is 0 Å². The highest BCUT2D eigenvalue weighted by Gasteiger charge is 2.38. The molecule has 0 aliphatic carbocycles. The maximum absolute atomic E-state index is 13.6. The van der Waals surface area contributed by atoms with Crippen LogP contribution in [0.4, 0.5) is 0 Å². The molecule has 2 unspecified atom stereocenters. The Labute approximate surface area is 199 Å². The number of likely N-dealkylation sites (tertiary alicyclic amines) is 2. The van der Waals surface area contributed by atoms with Gasteiger partial charge in [0.05, 0.1) is 17.8 Å². The van der Waals surface area contributed by atoms with E-state index in [0.717, 1.165) is 12.8 Å². The van der Waals surface area contributed by atoms with Crippen molar-refractivity contribution in [3.63, 3.8) is 0 Å². The molecule has 11 heteroatoms. The first-order chi connectivity index (χ1) is 16.2. The normalized spacial score (nSPS) is 26.9. The molecule has 0 aromatic rings. The van der Waals surface area contributed by atoms with E-state index in [1.54, 1.807) is 0 Å². The highest BCUT2D eigenvalue weighted by molar-refractivity contribution is 5.89. The second kappa shape index (κ2) is 12.3. The Morgan fingerprint density at radius 2 is 1.24 bits per heavy atom. The Kier molecular flexibility index (Phi) is 9.40. The van der Waals surface area contributed by atoms with Gasteiger partial charge in [0.25, 0.3) is 0 Å². The van der Waals surface area contributed by atoms with Crippen LogP contribution in [0.15, 0.2) is 0 Å². The second-order valence-corrected chi connectivity index (χ2v) is 9.62. The van der Waals surface area contributed by atoms with E-state index in [0.29, 0.717) is 65.0 Å². The quantitative estimate of drug-likeness (QED) is 0.438. The summed E-state index contributed by atoms with van der Waals surface area (Å²) in [5.41, 5.74) is 11.0. The van der Waals surface area contributed by atoms with Gasteiger partial charge < -0.3 is 30.7 Å². The lowest BCUT2D eigenvalue weighted by atomic mass is 9.93. The summed E-state index contributed by atoms with van der Waals surface area (Å²) in [6.45, 7) is 2.86. The van der Waals surface area contributed by atoms with E-state index in [4.69, 9.17) is 20.9 Å². The van der Waals surface area contributed by atoms with Crippen molar-refractivity contribution in [2.24, 2.45) is 29.2 Å². The molecule has 0 saturated carbocycles. The largest absolute Gasteiger partial charge is 0.417 e. The molecule has 0 aromatic heterocycles. The average Bonchev–Trinajstić information content (AvgIpc) is 2.88. The van der Waals surface area contributed by atoms with Gasteiger partial charge in [0.15, 0.2) is 0 Å². The molecule has 0 aromatic carbocycles. The molecule has 4 N–H and O–H groups in total. The number of carbonyl (C=O) groups excluding carboxylic acids is 5. The molecule has 3 aliphatic heterocycles. The number of carbonyl (C=O) groups is 5. The fraction of sp³-hybridized carbons (Fsp3) is 0.783. The summed E-state index contributed by atoms with van der Waals surface area (Å²) in [5.74, 6) is -3.64. The summed E-state index contributed by atoms with van der Waals surface area (Å²) in [5, 5.41) is 0. The first-order valence-corrected chi connectivity index (χ1v) is 12.2. The maximum Gasteiger partial charge on any atom is 0.309 e. The van der Waals surface area contributed by atoms with Gasteiger partial charge in [-0.25, -0.2) is 0 Å². The van der Waals surface area contributed by atoms with Crippen LogP contribution < -0.4 is 11.5 Å². The fourth-order valence-electron chi connectivity index (χ4n) is 5.00. The number of nitrogens with two attached hydrogens (primary N) is 2. The molecule has 2 atom stereocenters. The van der Waals surface area contributed by atoms with Crippen molar-refractivity contribution in [2.75, 3.05) is 39.3 Å². The van der Waals surface area contributed by atoms with Crippen molar-refractivity contribution in [1.82, 2.24) is 9.80 Å². The molecule has 3 heterocycles. The monoisotopic (exact) mass is 480 g/mol. The number of primary amides is 2. The van der Waals surface area contributed by atoms with Gasteiger partial charge in [-0.3, -0.25) is 24.0 Å². The summed E-state index contributed by atoms with van der Waals surface area (Å²) in [4.78, 5) is 65.3. The second-order valence-electron chi connectivity index (χ2n) is 9.62. The zero-order valence-corrected chi connectivity index (χ0v) is 19.6. The van der Waals surface area contributed by atoms with Gasteiger partial charge in [-0.1, -0.05) is 0 Å². The topological polar surface area (TPSA) is 162 Å². The molecule has 3 aliphatic rings. The summed E-state index contributed by atoms with van der Waals surface area (Å²) in [6.07, 6.45) is 2.56. The van der Waals surface area contributed by atoms with Crippen LogP contribution in [-0.2, 0) is 33.4 Å². The van der Waals surface area contributed by atoms with Gasteiger partial charge in [-0.15, -0.1) is 0 Å². The minimum atomic E-state index is -1.60. The van der Waals surface area contributed by atoms with Crippen molar-refractivity contribution < 1.29 is 33.4 Å². The van der Waals surface area contributed by atoms with Crippen LogP contribution in [0.3, 0.4) is 0 Å². The molecule has 0 bridgehead atoms. The van der Waals surface area contributed by atoms with E-state index in [9.17, 15) is 24.0 Å². The number of nitrogens with zero attached hydrogens (tertiary/aromatic N) is 2. The number of hydrogen-bond donors (Lipinski definition) is 2. The lowest BCUT2D eigenvalue weighted by Crippen LogP contribution is -2.51. The molecule has 3 saturated heterocycles. The van der Waals surface area contributed by atoms with Gasteiger partial charge in [0, 0.05) is 39.0 Å². The molecule has 11 nitrogen and oxygen atoms in total. The van der Waals surface area contributed by atoms with Crippen LogP contribution in [0.1, 0.15) is 51.4 Å². The molecule has 34 heavy (non-hydrogen) atoms. The van der Waals surface area contributed by atoms with E-state index >= 15 is 0 Å². The summed E-state index contributed by atoms with van der Waals surface area (Å²) in [6, 6.07) is 0. The maximum atomic E-state index is 13.6. The number of ether oxygens (including phenoxy) is 2. The van der Waals surface area contributed by atoms with Crippen LogP contribution in [0, 0.1) is 17.8 Å². The van der Waals surface area contributed by atoms with E-state index < -0.39 is 29.9 Å². The summed E-state index contributed by atoms with van der Waals surface area (Å²) >= 11 is 0. The predicted molar refractivity (Wildman–Crippen MR) is 120 cm³/mol. The third kappa shape index (κ3) is 7.49. The van der Waals surface area contributed by atoms with E-state index in [1.165, 1.54) is 0 Å².